The van der Waals surface area contributed by atoms with Crippen molar-refractivity contribution in [3.8, 4) is 5.75 Å². The van der Waals surface area contributed by atoms with Gasteiger partial charge in [-0.25, -0.2) is 4.79 Å². The summed E-state index contributed by atoms with van der Waals surface area (Å²) in [5, 5.41) is 0. The van der Waals surface area contributed by atoms with E-state index in [1.54, 1.807) is 7.11 Å². The van der Waals surface area contributed by atoms with Gasteiger partial charge >= 0.3 is 6.09 Å². The SMILES string of the molecule is COc1ccc([C@@H]2[C@@H]3CN(C(=O)CN4CCOC4=O)C[C@@H]3CN2C)cc1. The summed E-state index contributed by atoms with van der Waals surface area (Å²) in [6.07, 6.45) is -0.381. The van der Waals surface area contributed by atoms with Gasteiger partial charge in [-0.05, 0) is 30.7 Å². The van der Waals surface area contributed by atoms with Crippen LogP contribution in [0.15, 0.2) is 24.3 Å². The molecule has 0 bridgehead atoms. The molecule has 4 rings (SSSR count). The second-order valence-electron chi connectivity index (χ2n) is 7.42. The number of carbonyl (C=O) groups is 2. The Bertz CT molecular complexity index is 693. The van der Waals surface area contributed by atoms with Gasteiger partial charge in [-0.2, -0.15) is 0 Å². The topological polar surface area (TPSA) is 62.3 Å². The van der Waals surface area contributed by atoms with Crippen molar-refractivity contribution in [2.24, 2.45) is 11.8 Å². The Kier molecular flexibility index (Phi) is 4.48. The lowest BCUT2D eigenvalue weighted by Gasteiger charge is -2.27. The number of rotatable bonds is 4. The van der Waals surface area contributed by atoms with Gasteiger partial charge in [-0.15, -0.1) is 0 Å². The summed E-state index contributed by atoms with van der Waals surface area (Å²) in [4.78, 5) is 30.0. The van der Waals surface area contributed by atoms with Gasteiger partial charge < -0.3 is 14.4 Å². The van der Waals surface area contributed by atoms with E-state index >= 15 is 0 Å². The quantitative estimate of drug-likeness (QED) is 0.809. The van der Waals surface area contributed by atoms with Crippen molar-refractivity contribution < 1.29 is 19.1 Å². The fourth-order valence-corrected chi connectivity index (χ4v) is 4.60. The number of methoxy groups -OCH3 is 1. The highest BCUT2D eigenvalue weighted by Gasteiger charge is 2.47. The predicted molar refractivity (Wildman–Crippen MR) is 94.8 cm³/mol. The lowest BCUT2D eigenvalue weighted by Crippen LogP contribution is -2.41. The summed E-state index contributed by atoms with van der Waals surface area (Å²) < 4.78 is 10.2. The largest absolute Gasteiger partial charge is 0.497 e. The summed E-state index contributed by atoms with van der Waals surface area (Å²) in [5.74, 6) is 1.77. The van der Waals surface area contributed by atoms with E-state index < -0.39 is 0 Å². The van der Waals surface area contributed by atoms with Crippen LogP contribution in [0.1, 0.15) is 11.6 Å². The molecule has 3 heterocycles. The predicted octanol–water partition coefficient (Wildman–Crippen LogP) is 1.21. The van der Waals surface area contributed by atoms with Crippen molar-refractivity contribution >= 4 is 12.0 Å². The Morgan fingerprint density at radius 1 is 1.23 bits per heavy atom. The van der Waals surface area contributed by atoms with Crippen LogP contribution in [0.2, 0.25) is 0 Å². The summed E-state index contributed by atoms with van der Waals surface area (Å²) >= 11 is 0. The molecule has 7 heteroatoms. The number of hydrogen-bond acceptors (Lipinski definition) is 5. The van der Waals surface area contributed by atoms with Crippen molar-refractivity contribution in [1.82, 2.24) is 14.7 Å². The van der Waals surface area contributed by atoms with Gasteiger partial charge in [0.05, 0.1) is 13.7 Å². The molecule has 0 unspecified atom stereocenters. The second-order valence-corrected chi connectivity index (χ2v) is 7.42. The zero-order valence-electron chi connectivity index (χ0n) is 15.3. The van der Waals surface area contributed by atoms with Crippen molar-refractivity contribution in [2.45, 2.75) is 6.04 Å². The lowest BCUT2D eigenvalue weighted by atomic mass is 9.89. The maximum absolute atomic E-state index is 12.6. The summed E-state index contributed by atoms with van der Waals surface area (Å²) in [6.45, 7) is 3.50. The van der Waals surface area contributed by atoms with Gasteiger partial charge in [-0.3, -0.25) is 14.6 Å². The Hall–Kier alpha value is -2.28. The number of benzene rings is 1. The first-order valence-corrected chi connectivity index (χ1v) is 9.10. The second kappa shape index (κ2) is 6.79. The highest BCUT2D eigenvalue weighted by Crippen LogP contribution is 2.44. The van der Waals surface area contributed by atoms with Crippen molar-refractivity contribution in [2.75, 3.05) is 53.5 Å². The Morgan fingerprint density at radius 3 is 2.65 bits per heavy atom. The first kappa shape index (κ1) is 17.1. The molecule has 1 aromatic carbocycles. The van der Waals surface area contributed by atoms with Crippen LogP contribution in [0.4, 0.5) is 4.79 Å². The van der Waals surface area contributed by atoms with Crippen LogP contribution >= 0.6 is 0 Å². The fraction of sp³-hybridized carbons (Fsp3) is 0.579. The van der Waals surface area contributed by atoms with Crippen molar-refractivity contribution in [3.63, 3.8) is 0 Å². The van der Waals surface area contributed by atoms with E-state index in [4.69, 9.17) is 9.47 Å². The number of amides is 2. The van der Waals surface area contributed by atoms with Crippen LogP contribution in [0, 0.1) is 11.8 Å². The molecule has 0 aromatic heterocycles. The van der Waals surface area contributed by atoms with E-state index in [0.29, 0.717) is 31.0 Å². The smallest absolute Gasteiger partial charge is 0.410 e. The number of fused-ring (bicyclic) bond motifs is 1. The molecular weight excluding hydrogens is 334 g/mol. The first-order chi connectivity index (χ1) is 12.6. The minimum Gasteiger partial charge on any atom is -0.497 e. The van der Waals surface area contributed by atoms with Crippen LogP contribution in [0.5, 0.6) is 5.75 Å². The fourth-order valence-electron chi connectivity index (χ4n) is 4.60. The van der Waals surface area contributed by atoms with E-state index in [1.807, 2.05) is 17.0 Å². The van der Waals surface area contributed by atoms with Gasteiger partial charge in [0, 0.05) is 31.6 Å². The monoisotopic (exact) mass is 359 g/mol. The van der Waals surface area contributed by atoms with Gasteiger partial charge in [0.15, 0.2) is 0 Å². The molecule has 3 saturated heterocycles. The number of likely N-dealkylation sites (tertiary alicyclic amines) is 2. The zero-order chi connectivity index (χ0) is 18.3. The van der Waals surface area contributed by atoms with E-state index in [9.17, 15) is 9.59 Å². The van der Waals surface area contributed by atoms with Gasteiger partial charge in [0.2, 0.25) is 5.91 Å². The first-order valence-electron chi connectivity index (χ1n) is 9.10. The third-order valence-corrected chi connectivity index (χ3v) is 5.88. The van der Waals surface area contributed by atoms with E-state index in [1.165, 1.54) is 10.5 Å². The molecule has 3 fully saturated rings. The van der Waals surface area contributed by atoms with Crippen LogP contribution in [0.3, 0.4) is 0 Å². The number of carbonyl (C=O) groups excluding carboxylic acids is 2. The molecule has 2 amide bonds. The van der Waals surface area contributed by atoms with E-state index in [2.05, 4.69) is 24.1 Å². The van der Waals surface area contributed by atoms with Crippen molar-refractivity contribution in [3.05, 3.63) is 29.8 Å². The Morgan fingerprint density at radius 2 is 2.00 bits per heavy atom. The molecule has 0 saturated carbocycles. The standard InChI is InChI=1S/C19H25N3O4/c1-20-9-14-10-22(17(23)12-21-7-8-26-19(21)24)11-16(14)18(20)13-3-5-15(25-2)6-4-13/h3-6,14,16,18H,7-12H2,1-2H3/t14-,16+,18+/m0/s1. The van der Waals surface area contributed by atoms with Gasteiger partial charge in [-0.1, -0.05) is 12.1 Å². The van der Waals surface area contributed by atoms with E-state index in [-0.39, 0.29) is 18.5 Å². The van der Waals surface area contributed by atoms with Crippen molar-refractivity contribution in [1.29, 1.82) is 0 Å². The third kappa shape index (κ3) is 3.00. The number of nitrogens with zero attached hydrogens (tertiary/aromatic N) is 3. The average Bonchev–Trinajstić information content (AvgIpc) is 3.30. The minimum atomic E-state index is -0.381. The Balaban J connectivity index is 1.44. The molecule has 3 aliphatic rings. The molecule has 0 radical (unpaired) electrons. The summed E-state index contributed by atoms with van der Waals surface area (Å²) in [6, 6.07) is 8.53. The Labute approximate surface area is 153 Å². The van der Waals surface area contributed by atoms with Gasteiger partial charge in [0.25, 0.3) is 0 Å². The lowest BCUT2D eigenvalue weighted by molar-refractivity contribution is -0.131. The van der Waals surface area contributed by atoms with E-state index in [0.717, 1.165) is 25.4 Å². The average molecular weight is 359 g/mol. The van der Waals surface area contributed by atoms with Crippen LogP contribution in [-0.4, -0.2) is 80.2 Å². The summed E-state index contributed by atoms with van der Waals surface area (Å²) in [5.41, 5.74) is 1.26. The molecule has 140 valence electrons. The molecule has 7 nitrogen and oxygen atoms in total. The highest BCUT2D eigenvalue weighted by atomic mass is 16.6. The zero-order valence-corrected chi connectivity index (χ0v) is 15.3. The number of hydrogen-bond donors (Lipinski definition) is 0. The molecule has 0 N–H and O–H groups in total. The molecule has 1 aromatic rings. The third-order valence-electron chi connectivity index (χ3n) is 5.88. The summed E-state index contributed by atoms with van der Waals surface area (Å²) in [7, 11) is 3.82. The molecule has 3 atom stereocenters. The van der Waals surface area contributed by atoms with Crippen LogP contribution < -0.4 is 4.74 Å². The molecular formula is C19H25N3O4. The maximum Gasteiger partial charge on any atom is 0.410 e. The molecule has 0 aliphatic carbocycles. The van der Waals surface area contributed by atoms with Crippen LogP contribution in [0.25, 0.3) is 0 Å². The minimum absolute atomic E-state index is 0.0226. The number of ether oxygens (including phenoxy) is 2. The maximum atomic E-state index is 12.6. The van der Waals surface area contributed by atoms with Gasteiger partial charge in [0.1, 0.15) is 18.9 Å². The molecule has 0 spiro atoms. The molecule has 3 aliphatic heterocycles. The molecule has 26 heavy (non-hydrogen) atoms. The van der Waals surface area contributed by atoms with Crippen LogP contribution in [-0.2, 0) is 9.53 Å². The number of cyclic esters (lactones) is 1. The normalized spacial score (nSPS) is 28.4. The highest BCUT2D eigenvalue weighted by molar-refractivity contribution is 5.83.